The molecule has 6 aromatic carbocycles. The van der Waals surface area contributed by atoms with Gasteiger partial charge in [-0.15, -0.1) is 0 Å². The van der Waals surface area contributed by atoms with Gasteiger partial charge in [0.2, 0.25) is 53.4 Å². The molecule has 646 valence electrons. The number of nitrogens with one attached hydrogen (secondary N) is 10. The number of urea groups is 1. The molecule has 18 atom stereocenters. The number of carboxylic acid groups (broad SMARTS) is 1. The van der Waals surface area contributed by atoms with Crippen LogP contribution in [0.4, 0.5) is 10.5 Å². The summed E-state index contributed by atoms with van der Waals surface area (Å²) in [7, 11) is 3.16. The second-order valence-corrected chi connectivity index (χ2v) is 30.9. The lowest BCUT2D eigenvalue weighted by atomic mass is 9.86. The van der Waals surface area contributed by atoms with Gasteiger partial charge in [0, 0.05) is 53.9 Å². The molecule has 2 saturated heterocycles. The number of phenols is 3. The van der Waals surface area contributed by atoms with Crippen LogP contribution in [0.3, 0.4) is 0 Å². The number of aliphatic hydroxyl groups is 5. The third kappa shape index (κ3) is 20.4. The third-order valence-corrected chi connectivity index (χ3v) is 21.2. The maximum Gasteiger partial charge on any atom is 0.330 e. The van der Waals surface area contributed by atoms with Gasteiger partial charge in [-0.2, -0.15) is 0 Å². The fraction of sp³-hybridized carbons (Fsp3) is 0.444. The molecule has 39 heteroatoms. The summed E-state index contributed by atoms with van der Waals surface area (Å²) in [4.78, 5) is 136. The molecule has 0 spiro atoms. The number of phenolic OH excluding ortho intramolecular Hbond substituents is 3. The molecule has 6 aromatic rings. The van der Waals surface area contributed by atoms with Crippen molar-refractivity contribution in [3.8, 4) is 68.6 Å². The Balaban J connectivity index is 1.15. The average molecular weight is 1690 g/mol. The molecule has 0 aromatic heterocycles. The molecule has 7 aliphatic heterocycles. The highest BCUT2D eigenvalue weighted by Gasteiger charge is 2.52. The van der Waals surface area contributed by atoms with Gasteiger partial charge in [-0.1, -0.05) is 57.0 Å². The number of imide groups is 1. The molecule has 13 rings (SSSR count). The first-order valence-electron chi connectivity index (χ1n) is 38.7. The second kappa shape index (κ2) is 38.4. The normalized spacial score (nSPS) is 26.5. The highest BCUT2D eigenvalue weighted by atomic mass is 35.5. The Morgan fingerprint density at radius 3 is 2.05 bits per heavy atom. The van der Waals surface area contributed by atoms with Crippen molar-refractivity contribution in [1.82, 2.24) is 47.9 Å². The number of aromatic hydroxyl groups is 3. The van der Waals surface area contributed by atoms with Crippen LogP contribution in [0, 0.1) is 12.8 Å². The summed E-state index contributed by atoms with van der Waals surface area (Å²) < 4.78 is 51.2. The molecule has 7 heterocycles. The van der Waals surface area contributed by atoms with E-state index in [1.807, 2.05) is 20.8 Å². The molecule has 0 saturated carbocycles. The van der Waals surface area contributed by atoms with Gasteiger partial charge in [-0.25, -0.2) is 9.59 Å². The van der Waals surface area contributed by atoms with Crippen LogP contribution in [0.1, 0.15) is 130 Å². The molecule has 0 radical (unpaired) electrons. The summed E-state index contributed by atoms with van der Waals surface area (Å²) in [6.07, 6.45) is -16.9. The number of aliphatic hydroxyl groups excluding tert-OH is 5. The standard InChI is InChI=1S/C81H99ClN12O26/c1-9-10-20-113-42-14-18-53(114-21-19-85-7)46(30-42)88-80(112)89-57(98)31-48-73(105)90-61-40-26-54(116-51-16-12-38(23-35(51)4)65(99)63(76(108)87-48)93-72(104)47(86-8)22-34(2)3)69(120-79-70(68(102)67(101)56(33-83)118-79)119-58-32-81(6,84)71(103)36(5)115-58)55(27-40)117-52-17-13-39(25-45(52)82)66(100)64-77(109)92-62(78(110)111)44-28-41(95)29-50(97)59(44)43-24-37(11-15-49(43)96)60(74(106)94-64)91-75(61)107/h11-18,23-30,34,36,47-48,56,58,60-68,70-71,79,85-86,95-97,99-103H,9-10,19-22,31-33,83-84H2,1-8H3,(H,87,108)(H,90,105)(H,91,107)(H,92,109)(H,93,104)(H,94,106)(H,110,111)(H2,88,89,98,112)/t36-,47+,48-,56+,58-,60+,61+,62-,63+,64-,65+,66+,67+,68-,70+,71+,79-,81-/m0/s1. The second-order valence-electron chi connectivity index (χ2n) is 30.5. The molecule has 38 nitrogen and oxygen atoms in total. The number of hydrogen-bond acceptors (Lipinski definition) is 29. The molecule has 11 bridgehead atoms. The maximum absolute atomic E-state index is 16.5. The van der Waals surface area contributed by atoms with E-state index in [4.69, 9.17) is 61.0 Å². The van der Waals surface area contributed by atoms with Gasteiger partial charge in [0.1, 0.15) is 108 Å². The summed E-state index contributed by atoms with van der Waals surface area (Å²) in [5.41, 5.74) is 8.71. The van der Waals surface area contributed by atoms with E-state index in [1.54, 1.807) is 13.1 Å². The number of nitrogens with two attached hydrogens (primary N) is 2. The minimum atomic E-state index is -2.42. The van der Waals surface area contributed by atoms with Gasteiger partial charge in [0.25, 0.3) is 0 Å². The number of anilines is 1. The van der Waals surface area contributed by atoms with Crippen LogP contribution in [-0.2, 0) is 52.6 Å². The summed E-state index contributed by atoms with van der Waals surface area (Å²) in [5, 5.41) is 130. The van der Waals surface area contributed by atoms with Gasteiger partial charge in [-0.3, -0.25) is 38.9 Å². The first kappa shape index (κ1) is 89.5. The summed E-state index contributed by atoms with van der Waals surface area (Å²) in [6, 6.07) is 2.78. The Bertz CT molecular complexity index is 4850. The Labute approximate surface area is 692 Å². The lowest BCUT2D eigenvalue weighted by Gasteiger charge is -2.47. The van der Waals surface area contributed by atoms with Crippen molar-refractivity contribution in [3.63, 3.8) is 0 Å². The number of hydrogen-bond donors (Lipinski definition) is 21. The Hall–Kier alpha value is -11.2. The molecule has 7 aliphatic rings. The topological polar surface area (TPSA) is 582 Å². The predicted molar refractivity (Wildman–Crippen MR) is 425 cm³/mol. The Morgan fingerprint density at radius 1 is 0.717 bits per heavy atom. The number of benzene rings is 6. The number of carbonyl (C=O) groups excluding carboxylic acids is 8. The van der Waals surface area contributed by atoms with E-state index in [0.717, 1.165) is 67.1 Å². The number of likely N-dealkylation sites (N-methyl/N-ethyl adjacent to an activating group) is 2. The number of carbonyl (C=O) groups is 9. The smallest absolute Gasteiger partial charge is 0.330 e. The number of ether oxygens (including phenoxy) is 8. The van der Waals surface area contributed by atoms with E-state index in [9.17, 15) is 65.1 Å². The lowest BCUT2D eigenvalue weighted by Crippen LogP contribution is -2.65. The van der Waals surface area contributed by atoms with Crippen LogP contribution >= 0.6 is 11.6 Å². The number of carboxylic acids is 1. The molecule has 2 fully saturated rings. The highest BCUT2D eigenvalue weighted by molar-refractivity contribution is 6.32. The van der Waals surface area contributed by atoms with E-state index in [2.05, 4.69) is 53.2 Å². The predicted octanol–water partition coefficient (Wildman–Crippen LogP) is 2.37. The zero-order chi connectivity index (χ0) is 87.0. The van der Waals surface area contributed by atoms with E-state index < -0.39 is 237 Å². The molecular formula is C81H99ClN12O26. The average Bonchev–Trinajstić information content (AvgIpc) is 0.770. The van der Waals surface area contributed by atoms with Crippen molar-refractivity contribution in [1.29, 1.82) is 0 Å². The molecule has 0 aliphatic carbocycles. The number of aryl methyl sites for hydroxylation is 1. The van der Waals surface area contributed by atoms with Crippen LogP contribution < -0.4 is 88.3 Å². The van der Waals surface area contributed by atoms with Crippen LogP contribution in [0.25, 0.3) is 11.1 Å². The number of aliphatic carboxylic acids is 1. The van der Waals surface area contributed by atoms with Gasteiger partial charge >= 0.3 is 12.0 Å². The van der Waals surface area contributed by atoms with Crippen LogP contribution in [0.5, 0.6) is 57.5 Å². The fourth-order valence-electron chi connectivity index (χ4n) is 14.5. The fourth-order valence-corrected chi connectivity index (χ4v) is 14.7. The zero-order valence-electron chi connectivity index (χ0n) is 66.5. The number of amides is 9. The van der Waals surface area contributed by atoms with E-state index >= 15 is 24.0 Å². The van der Waals surface area contributed by atoms with Gasteiger partial charge in [0.05, 0.1) is 42.0 Å². The maximum atomic E-state index is 16.5. The Morgan fingerprint density at radius 2 is 1.39 bits per heavy atom. The first-order chi connectivity index (χ1) is 57.0. The summed E-state index contributed by atoms with van der Waals surface area (Å²) >= 11 is 7.17. The van der Waals surface area contributed by atoms with E-state index in [1.165, 1.54) is 58.2 Å². The molecule has 23 N–H and O–H groups in total. The van der Waals surface area contributed by atoms with E-state index in [-0.39, 0.29) is 70.6 Å². The van der Waals surface area contributed by atoms with Crippen molar-refractivity contribution < 1.29 is 127 Å². The number of unbranched alkanes of at least 4 members (excludes halogenated alkanes) is 1. The summed E-state index contributed by atoms with van der Waals surface area (Å²) in [5.74, 6) is -15.5. The van der Waals surface area contributed by atoms with Crippen molar-refractivity contribution in [2.75, 3.05) is 45.7 Å². The molecule has 0 unspecified atom stereocenters. The van der Waals surface area contributed by atoms with Crippen molar-refractivity contribution in [3.05, 3.63) is 135 Å². The van der Waals surface area contributed by atoms with Crippen molar-refractivity contribution in [2.24, 2.45) is 17.4 Å². The zero-order valence-corrected chi connectivity index (χ0v) is 67.2. The largest absolute Gasteiger partial charge is 0.508 e. The minimum Gasteiger partial charge on any atom is -0.508 e. The highest BCUT2D eigenvalue weighted by Crippen LogP contribution is 2.50. The number of halogens is 1. The van der Waals surface area contributed by atoms with E-state index in [0.29, 0.717) is 25.3 Å². The molecular weight excluding hydrogens is 1590 g/mol. The minimum absolute atomic E-state index is 0.00648. The van der Waals surface area contributed by atoms with Gasteiger partial charge < -0.3 is 143 Å². The van der Waals surface area contributed by atoms with Gasteiger partial charge in [0.15, 0.2) is 29.9 Å². The number of fused-ring (bicyclic) bond motifs is 15. The first-order valence-corrected chi connectivity index (χ1v) is 39.1. The molecule has 9 amide bonds. The Kier molecular flexibility index (Phi) is 28.7. The van der Waals surface area contributed by atoms with Crippen LogP contribution in [0.2, 0.25) is 5.02 Å². The lowest BCUT2D eigenvalue weighted by molar-refractivity contribution is -0.330. The van der Waals surface area contributed by atoms with Crippen molar-refractivity contribution in [2.45, 2.75) is 183 Å². The monoisotopic (exact) mass is 1690 g/mol. The molecule has 120 heavy (non-hydrogen) atoms. The van der Waals surface area contributed by atoms with Crippen LogP contribution in [0.15, 0.2) is 97.1 Å². The van der Waals surface area contributed by atoms with Crippen molar-refractivity contribution >= 4 is 70.6 Å². The SMILES string of the molecule is CCCCOc1ccc(OCCNC)c(NC(=O)NC(=O)C[C@@H]2NC(=O)[C@H](NC(=O)[C@@H](CC(C)C)NC)[C@H](O)c3ccc(c(C)c3)Oc3cc4cc(c3O[C@@H]3O[C@H](CN)[C@@H](O)[C@H](O)[C@H]3O[C@H]3C[C@](C)(N)[C@H](O)[C@H](C)O3)Oc3ccc(cc3Cl)[C@@H](O)[C@@H]3NC(=O)[C@H](NC(=O)[C@@H]4NC2=O)c2ccc(O)c(c2)-c2c(O)cc(O)cc2[C@@H](C(=O)O)NC3=O)c1. The quantitative estimate of drug-likeness (QED) is 0.0434. The van der Waals surface area contributed by atoms with Gasteiger partial charge in [-0.05, 0) is 148 Å². The summed E-state index contributed by atoms with van der Waals surface area (Å²) in [6.45, 7) is 10.4. The number of rotatable bonds is 22. The van der Waals surface area contributed by atoms with Crippen LogP contribution in [-0.4, -0.2) is 219 Å². The third-order valence-electron chi connectivity index (χ3n) is 20.9.